The Hall–Kier alpha value is -1.37. The van der Waals surface area contributed by atoms with Crippen molar-refractivity contribution in [1.29, 1.82) is 0 Å². The van der Waals surface area contributed by atoms with Crippen molar-refractivity contribution in [2.45, 2.75) is 12.0 Å². The second kappa shape index (κ2) is 6.40. The number of carbonyl (C=O) groups excluding carboxylic acids is 1. The molecule has 1 saturated heterocycles. The lowest BCUT2D eigenvalue weighted by Crippen LogP contribution is -2.31. The Labute approximate surface area is 142 Å². The van der Waals surface area contributed by atoms with Crippen LogP contribution in [0.15, 0.2) is 40.2 Å². The zero-order valence-corrected chi connectivity index (χ0v) is 14.6. The maximum absolute atomic E-state index is 12.7. The molecular weight excluding hydrogens is 364 g/mol. The fourth-order valence-corrected chi connectivity index (χ4v) is 4.42. The summed E-state index contributed by atoms with van der Waals surface area (Å²) in [6.07, 6.45) is 0. The number of carbonyl (C=O) groups is 1. The number of methoxy groups -OCH3 is 1. The van der Waals surface area contributed by atoms with Crippen LogP contribution in [0.25, 0.3) is 0 Å². The molecule has 1 aliphatic heterocycles. The van der Waals surface area contributed by atoms with Gasteiger partial charge in [0, 0.05) is 31.1 Å². The number of halogens is 1. The van der Waals surface area contributed by atoms with Gasteiger partial charge < -0.3 is 15.4 Å². The van der Waals surface area contributed by atoms with E-state index < -0.39 is 0 Å². The standard InChI is InChI=1S/C16H17BrN2O2S/c1-21-13-7-14(22-15(13)17)16(20)19-8-11(12(18)9-19)10-5-3-2-4-6-10/h2-7,11-12H,8-9,18H2,1H3/t11-,12+/m0/s1. The van der Waals surface area contributed by atoms with E-state index in [0.717, 1.165) is 3.79 Å². The molecule has 2 aromatic rings. The normalized spacial score (nSPS) is 21.1. The summed E-state index contributed by atoms with van der Waals surface area (Å²) in [6.45, 7) is 1.23. The number of amides is 1. The Morgan fingerprint density at radius 3 is 2.73 bits per heavy atom. The van der Waals surface area contributed by atoms with E-state index >= 15 is 0 Å². The van der Waals surface area contributed by atoms with Gasteiger partial charge >= 0.3 is 0 Å². The third-order valence-electron chi connectivity index (χ3n) is 3.97. The van der Waals surface area contributed by atoms with Gasteiger partial charge in [-0.1, -0.05) is 30.3 Å². The van der Waals surface area contributed by atoms with Crippen molar-refractivity contribution in [2.24, 2.45) is 5.73 Å². The monoisotopic (exact) mass is 380 g/mol. The van der Waals surface area contributed by atoms with Crippen LogP contribution in [-0.4, -0.2) is 37.0 Å². The van der Waals surface area contributed by atoms with Gasteiger partial charge in [-0.25, -0.2) is 0 Å². The van der Waals surface area contributed by atoms with E-state index in [9.17, 15) is 4.79 Å². The summed E-state index contributed by atoms with van der Waals surface area (Å²) in [7, 11) is 1.60. The van der Waals surface area contributed by atoms with Crippen molar-refractivity contribution in [1.82, 2.24) is 4.90 Å². The summed E-state index contributed by atoms with van der Waals surface area (Å²) in [5.41, 5.74) is 7.44. The summed E-state index contributed by atoms with van der Waals surface area (Å²) >= 11 is 4.80. The number of nitrogens with two attached hydrogens (primary N) is 1. The van der Waals surface area contributed by atoms with E-state index in [4.69, 9.17) is 10.5 Å². The van der Waals surface area contributed by atoms with Crippen LogP contribution in [0.1, 0.15) is 21.2 Å². The molecule has 0 saturated carbocycles. The van der Waals surface area contributed by atoms with Crippen molar-refractivity contribution in [3.8, 4) is 5.75 Å². The van der Waals surface area contributed by atoms with Crippen molar-refractivity contribution in [3.63, 3.8) is 0 Å². The minimum absolute atomic E-state index is 0.0166. The van der Waals surface area contributed by atoms with Gasteiger partial charge in [-0.15, -0.1) is 11.3 Å². The average molecular weight is 381 g/mol. The van der Waals surface area contributed by atoms with Gasteiger partial charge in [0.1, 0.15) is 9.54 Å². The van der Waals surface area contributed by atoms with E-state index in [1.165, 1.54) is 16.9 Å². The average Bonchev–Trinajstić information content (AvgIpc) is 3.10. The van der Waals surface area contributed by atoms with E-state index in [1.807, 2.05) is 23.1 Å². The molecule has 1 amide bonds. The summed E-state index contributed by atoms with van der Waals surface area (Å²) in [6, 6.07) is 11.9. The first-order chi connectivity index (χ1) is 10.6. The van der Waals surface area contributed by atoms with Crippen LogP contribution in [0, 0.1) is 0 Å². The smallest absolute Gasteiger partial charge is 0.264 e. The molecule has 2 atom stereocenters. The number of thiophene rings is 1. The Bertz CT molecular complexity index is 674. The molecule has 1 aromatic carbocycles. The first kappa shape index (κ1) is 15.5. The number of nitrogens with zero attached hydrogens (tertiary/aromatic N) is 1. The van der Waals surface area contributed by atoms with E-state index in [0.29, 0.717) is 23.7 Å². The topological polar surface area (TPSA) is 55.6 Å². The van der Waals surface area contributed by atoms with E-state index in [1.54, 1.807) is 13.2 Å². The first-order valence-corrected chi connectivity index (χ1v) is 8.64. The molecule has 2 N–H and O–H groups in total. The Kier molecular flexibility index (Phi) is 4.52. The van der Waals surface area contributed by atoms with Crippen molar-refractivity contribution in [2.75, 3.05) is 20.2 Å². The maximum Gasteiger partial charge on any atom is 0.264 e. The molecule has 22 heavy (non-hydrogen) atoms. The minimum atomic E-state index is -0.0309. The van der Waals surface area contributed by atoms with Crippen LogP contribution < -0.4 is 10.5 Å². The number of likely N-dealkylation sites (tertiary alicyclic amines) is 1. The molecule has 116 valence electrons. The quantitative estimate of drug-likeness (QED) is 0.889. The van der Waals surface area contributed by atoms with Gasteiger partial charge in [-0.05, 0) is 21.5 Å². The van der Waals surface area contributed by atoms with Gasteiger partial charge in [-0.2, -0.15) is 0 Å². The molecule has 1 fully saturated rings. The number of hydrogen-bond donors (Lipinski definition) is 1. The van der Waals surface area contributed by atoms with Gasteiger partial charge in [0.2, 0.25) is 0 Å². The Balaban J connectivity index is 1.77. The molecule has 0 radical (unpaired) electrons. The summed E-state index contributed by atoms with van der Waals surface area (Å²) in [5.74, 6) is 0.898. The van der Waals surface area contributed by atoms with Crippen LogP contribution in [0.3, 0.4) is 0 Å². The van der Waals surface area contributed by atoms with Crippen molar-refractivity contribution < 1.29 is 9.53 Å². The Morgan fingerprint density at radius 1 is 1.36 bits per heavy atom. The lowest BCUT2D eigenvalue weighted by atomic mass is 9.95. The van der Waals surface area contributed by atoms with E-state index in [2.05, 4.69) is 28.1 Å². The molecule has 6 heteroatoms. The molecular formula is C16H17BrN2O2S. The molecule has 1 aromatic heterocycles. The molecule has 4 nitrogen and oxygen atoms in total. The number of hydrogen-bond acceptors (Lipinski definition) is 4. The largest absolute Gasteiger partial charge is 0.495 e. The Morgan fingerprint density at radius 2 is 2.09 bits per heavy atom. The highest BCUT2D eigenvalue weighted by Gasteiger charge is 2.34. The number of rotatable bonds is 3. The zero-order valence-electron chi connectivity index (χ0n) is 12.2. The van der Waals surface area contributed by atoms with Gasteiger partial charge in [-0.3, -0.25) is 4.79 Å². The lowest BCUT2D eigenvalue weighted by Gasteiger charge is -2.15. The minimum Gasteiger partial charge on any atom is -0.495 e. The fraction of sp³-hybridized carbons (Fsp3) is 0.312. The highest BCUT2D eigenvalue weighted by atomic mass is 79.9. The van der Waals surface area contributed by atoms with Crippen molar-refractivity contribution >= 4 is 33.2 Å². The molecule has 0 bridgehead atoms. The summed E-state index contributed by atoms with van der Waals surface area (Å²) in [4.78, 5) is 15.2. The predicted molar refractivity (Wildman–Crippen MR) is 91.6 cm³/mol. The van der Waals surface area contributed by atoms with Crippen molar-refractivity contribution in [3.05, 3.63) is 50.6 Å². The van der Waals surface area contributed by atoms with Crippen LogP contribution in [0.4, 0.5) is 0 Å². The van der Waals surface area contributed by atoms with Crippen LogP contribution in [-0.2, 0) is 0 Å². The highest BCUT2D eigenvalue weighted by Crippen LogP contribution is 2.36. The first-order valence-electron chi connectivity index (χ1n) is 7.03. The molecule has 0 spiro atoms. The van der Waals surface area contributed by atoms with Gasteiger partial charge in [0.05, 0.1) is 12.0 Å². The highest BCUT2D eigenvalue weighted by molar-refractivity contribution is 9.11. The maximum atomic E-state index is 12.7. The molecule has 0 aliphatic carbocycles. The SMILES string of the molecule is COc1cc(C(=O)N2C[C@@H](N)[C@H](c3ccccc3)C2)sc1Br. The van der Waals surface area contributed by atoms with Crippen LogP contribution in [0.5, 0.6) is 5.75 Å². The van der Waals surface area contributed by atoms with Crippen LogP contribution >= 0.6 is 27.3 Å². The number of benzene rings is 1. The van der Waals surface area contributed by atoms with Gasteiger partial charge in [0.25, 0.3) is 5.91 Å². The summed E-state index contributed by atoms with van der Waals surface area (Å²) < 4.78 is 6.05. The third-order valence-corrected chi connectivity index (χ3v) is 5.74. The zero-order chi connectivity index (χ0) is 15.7. The summed E-state index contributed by atoms with van der Waals surface area (Å²) in [5, 5.41) is 0. The van der Waals surface area contributed by atoms with Gasteiger partial charge in [0.15, 0.2) is 0 Å². The molecule has 0 unspecified atom stereocenters. The molecule has 3 rings (SSSR count). The fourth-order valence-electron chi connectivity index (χ4n) is 2.80. The van der Waals surface area contributed by atoms with Crippen LogP contribution in [0.2, 0.25) is 0 Å². The van der Waals surface area contributed by atoms with E-state index in [-0.39, 0.29) is 17.9 Å². The second-order valence-corrected chi connectivity index (χ2v) is 7.71. The second-order valence-electron chi connectivity index (χ2n) is 5.34. The predicted octanol–water partition coefficient (Wildman–Crippen LogP) is 3.09. The number of ether oxygens (including phenoxy) is 1. The molecule has 2 heterocycles. The lowest BCUT2D eigenvalue weighted by molar-refractivity contribution is 0.0793. The third kappa shape index (κ3) is 2.91. The molecule has 1 aliphatic rings.